The van der Waals surface area contributed by atoms with Gasteiger partial charge in [0.15, 0.2) is 0 Å². The fraction of sp³-hybridized carbons (Fsp3) is 0.565. The number of amides is 1. The van der Waals surface area contributed by atoms with E-state index in [0.717, 1.165) is 38.8 Å². The van der Waals surface area contributed by atoms with Crippen LogP contribution in [0, 0.1) is 5.41 Å². The van der Waals surface area contributed by atoms with E-state index in [0.29, 0.717) is 15.8 Å². The molecule has 2 aromatic rings. The molecule has 3 aliphatic heterocycles. The molecule has 11 heteroatoms. The first kappa shape index (κ1) is 28.1. The Kier molecular flexibility index (Phi) is 10.4. The van der Waals surface area contributed by atoms with Gasteiger partial charge in [-0.2, -0.15) is 13.2 Å². The Balaban J connectivity index is 0.000000191. The summed E-state index contributed by atoms with van der Waals surface area (Å²) >= 11 is 5.71. The molecular weight excluding hydrogens is 471 g/mol. The fourth-order valence-corrected chi connectivity index (χ4v) is 4.06. The van der Waals surface area contributed by atoms with Crippen molar-refractivity contribution in [1.29, 1.82) is 0 Å². The molecule has 5 rings (SSSR count). The second kappa shape index (κ2) is 12.5. The van der Waals surface area contributed by atoms with Gasteiger partial charge in [-0.3, -0.25) is 4.79 Å². The fourth-order valence-electron chi connectivity index (χ4n) is 3.88. The highest BCUT2D eigenvalue weighted by Gasteiger charge is 2.48. The Labute approximate surface area is 203 Å². The highest BCUT2D eigenvalue weighted by atomic mass is 35.5. The van der Waals surface area contributed by atoms with Gasteiger partial charge in [0.25, 0.3) is 0 Å². The topological polar surface area (TPSA) is 97.7 Å². The predicted octanol–water partition coefficient (Wildman–Crippen LogP) is 3.64. The van der Waals surface area contributed by atoms with Gasteiger partial charge < -0.3 is 26.0 Å². The number of benzene rings is 1. The van der Waals surface area contributed by atoms with E-state index in [1.54, 1.807) is 4.90 Å². The second-order valence-electron chi connectivity index (χ2n) is 8.62. The first-order valence-electron chi connectivity index (χ1n) is 11.1. The smallest absolute Gasteiger partial charge is 0.398 e. The molecule has 0 bridgehead atoms. The Morgan fingerprint density at radius 2 is 1.74 bits per heavy atom. The first-order chi connectivity index (χ1) is 16.1. The van der Waals surface area contributed by atoms with Gasteiger partial charge in [-0.15, -0.1) is 0 Å². The maximum absolute atomic E-state index is 12.4. The van der Waals surface area contributed by atoms with Crippen LogP contribution in [-0.4, -0.2) is 74.7 Å². The Hall–Kier alpha value is -2.14. The maximum Gasteiger partial charge on any atom is 0.433 e. The molecule has 0 atom stereocenters. The minimum atomic E-state index is -4.50. The van der Waals surface area contributed by atoms with Crippen LogP contribution in [0.3, 0.4) is 0 Å². The van der Waals surface area contributed by atoms with Crippen molar-refractivity contribution < 1.29 is 22.7 Å². The van der Waals surface area contributed by atoms with Gasteiger partial charge >= 0.3 is 6.18 Å². The van der Waals surface area contributed by atoms with Crippen molar-refractivity contribution >= 4 is 34.6 Å². The van der Waals surface area contributed by atoms with E-state index in [2.05, 4.69) is 22.7 Å². The third-order valence-corrected chi connectivity index (χ3v) is 5.95. The summed E-state index contributed by atoms with van der Waals surface area (Å²) in [6, 6.07) is 5.16. The third kappa shape index (κ3) is 7.69. The van der Waals surface area contributed by atoms with Crippen LogP contribution >= 0.6 is 11.6 Å². The Morgan fingerprint density at radius 3 is 2.18 bits per heavy atom. The number of halogens is 4. The molecule has 3 saturated heterocycles. The number of rotatable bonds is 1. The first-order valence-corrected chi connectivity index (χ1v) is 11.5. The standard InChI is InChI=1S/C10H6ClF3N2.C6H9NO2.C6H13N.CH5N/c11-5-1-2-8-6(3-5)7(15)4-9(16-8)10(12,13)14;8-5-7-1-6(2-7)3-9-4-6;1-7-5-3-2-4-6-7;1-2/h1-4H,(H2,15,16);5H,1-4H2;2-6H2,1H3;2H2,1H3. The molecule has 1 spiro atoms. The van der Waals surface area contributed by atoms with E-state index < -0.39 is 11.9 Å². The van der Waals surface area contributed by atoms with Gasteiger partial charge in [-0.25, -0.2) is 4.98 Å². The lowest BCUT2D eigenvalue weighted by atomic mass is 9.78. The number of hydrogen-bond acceptors (Lipinski definition) is 6. The van der Waals surface area contributed by atoms with E-state index in [-0.39, 0.29) is 11.2 Å². The van der Waals surface area contributed by atoms with Crippen molar-refractivity contribution in [3.05, 3.63) is 35.0 Å². The lowest BCUT2D eigenvalue weighted by molar-refractivity contribution is -0.188. The number of fused-ring (bicyclic) bond motifs is 1. The van der Waals surface area contributed by atoms with Gasteiger partial charge in [-0.1, -0.05) is 18.0 Å². The zero-order chi connectivity index (χ0) is 25.4. The van der Waals surface area contributed by atoms with Crippen molar-refractivity contribution in [2.75, 3.05) is 59.2 Å². The zero-order valence-electron chi connectivity index (χ0n) is 19.6. The molecule has 3 fully saturated rings. The number of aromatic nitrogens is 1. The number of piperidine rings is 1. The van der Waals surface area contributed by atoms with Crippen molar-refractivity contribution in [3.8, 4) is 0 Å². The largest absolute Gasteiger partial charge is 0.433 e. The number of nitrogen functional groups attached to an aromatic ring is 1. The summed E-state index contributed by atoms with van der Waals surface area (Å²) in [6.45, 7) is 6.18. The SMILES string of the molecule is CN.CN1CCCCC1.Nc1cc(C(F)(F)F)nc2ccc(Cl)cc12.O=CN1CC2(COC2)C1. The third-order valence-electron chi connectivity index (χ3n) is 5.72. The van der Waals surface area contributed by atoms with Crippen LogP contribution in [0.5, 0.6) is 0 Å². The average Bonchev–Trinajstić information content (AvgIpc) is 2.75. The number of nitrogens with two attached hydrogens (primary N) is 2. The van der Waals surface area contributed by atoms with Gasteiger partial charge in [0.05, 0.1) is 24.1 Å². The molecule has 0 radical (unpaired) electrons. The van der Waals surface area contributed by atoms with E-state index in [9.17, 15) is 18.0 Å². The monoisotopic (exact) mass is 503 g/mol. The molecule has 1 aromatic carbocycles. The van der Waals surface area contributed by atoms with Gasteiger partial charge in [0, 0.05) is 29.2 Å². The minimum Gasteiger partial charge on any atom is -0.398 e. The molecule has 1 aromatic heterocycles. The molecule has 4 heterocycles. The summed E-state index contributed by atoms with van der Waals surface area (Å²) < 4.78 is 42.3. The van der Waals surface area contributed by atoms with Crippen LogP contribution in [-0.2, 0) is 15.7 Å². The number of carbonyl (C=O) groups excluding carboxylic acids is 1. The number of likely N-dealkylation sites (tertiary alicyclic amines) is 2. The highest BCUT2D eigenvalue weighted by Crippen LogP contribution is 2.36. The predicted molar refractivity (Wildman–Crippen MR) is 129 cm³/mol. The van der Waals surface area contributed by atoms with Crippen molar-refractivity contribution in [2.45, 2.75) is 25.4 Å². The van der Waals surface area contributed by atoms with Crippen LogP contribution in [0.15, 0.2) is 24.3 Å². The lowest BCUT2D eigenvalue weighted by Gasteiger charge is -2.53. The van der Waals surface area contributed by atoms with E-state index in [1.165, 1.54) is 57.6 Å². The van der Waals surface area contributed by atoms with E-state index >= 15 is 0 Å². The molecule has 4 N–H and O–H groups in total. The summed E-state index contributed by atoms with van der Waals surface area (Å²) in [4.78, 5) is 17.8. The van der Waals surface area contributed by atoms with Crippen LogP contribution in [0.2, 0.25) is 5.02 Å². The number of pyridine rings is 1. The summed E-state index contributed by atoms with van der Waals surface area (Å²) in [7, 11) is 3.69. The van der Waals surface area contributed by atoms with Gasteiger partial charge in [0.2, 0.25) is 6.41 Å². The Morgan fingerprint density at radius 1 is 1.12 bits per heavy atom. The number of anilines is 1. The summed E-state index contributed by atoms with van der Waals surface area (Å²) in [5.74, 6) is 0. The average molecular weight is 504 g/mol. The van der Waals surface area contributed by atoms with Crippen LogP contribution < -0.4 is 11.5 Å². The Bertz CT molecular complexity index is 927. The van der Waals surface area contributed by atoms with Crippen molar-refractivity contribution in [3.63, 3.8) is 0 Å². The molecule has 1 amide bonds. The minimum absolute atomic E-state index is 0.0137. The van der Waals surface area contributed by atoms with Gasteiger partial charge in [-0.05, 0) is 64.3 Å². The molecule has 3 aliphatic rings. The molecular formula is C23H33ClF3N5O2. The number of hydrogen-bond donors (Lipinski definition) is 2. The second-order valence-corrected chi connectivity index (χ2v) is 9.06. The molecule has 0 saturated carbocycles. The van der Waals surface area contributed by atoms with Crippen LogP contribution in [0.25, 0.3) is 10.9 Å². The molecule has 0 aliphatic carbocycles. The summed E-state index contributed by atoms with van der Waals surface area (Å²) in [5, 5.41) is 0.821. The highest BCUT2D eigenvalue weighted by molar-refractivity contribution is 6.31. The van der Waals surface area contributed by atoms with Crippen LogP contribution in [0.1, 0.15) is 25.0 Å². The van der Waals surface area contributed by atoms with E-state index in [1.807, 2.05) is 0 Å². The molecule has 7 nitrogen and oxygen atoms in total. The lowest BCUT2D eigenvalue weighted by Crippen LogP contribution is -2.65. The summed E-state index contributed by atoms with van der Waals surface area (Å²) in [6.07, 6.45) is 0.683. The number of nitrogens with zero attached hydrogens (tertiary/aromatic N) is 3. The molecule has 0 unspecified atom stereocenters. The number of ether oxygens (including phenoxy) is 1. The summed E-state index contributed by atoms with van der Waals surface area (Å²) in [5.41, 5.74) is 9.60. The van der Waals surface area contributed by atoms with Crippen molar-refractivity contribution in [1.82, 2.24) is 14.8 Å². The van der Waals surface area contributed by atoms with Gasteiger partial charge in [0.1, 0.15) is 5.69 Å². The van der Waals surface area contributed by atoms with E-state index in [4.69, 9.17) is 22.1 Å². The van der Waals surface area contributed by atoms with Crippen LogP contribution in [0.4, 0.5) is 18.9 Å². The maximum atomic E-state index is 12.4. The number of alkyl halides is 3. The number of carbonyl (C=O) groups is 1. The molecule has 190 valence electrons. The normalized spacial score (nSPS) is 18.7. The quantitative estimate of drug-likeness (QED) is 0.577. The zero-order valence-corrected chi connectivity index (χ0v) is 20.3. The van der Waals surface area contributed by atoms with Crippen molar-refractivity contribution in [2.24, 2.45) is 11.1 Å². The molecule has 34 heavy (non-hydrogen) atoms.